The zero-order valence-electron chi connectivity index (χ0n) is 64.1. The molecule has 0 atom stereocenters. The molecule has 2 aliphatic rings. The number of fused-ring (bicyclic) bond motifs is 10. The van der Waals surface area contributed by atoms with Crippen LogP contribution in [0.2, 0.25) is 0 Å². The molecular formula is C102H85BN6. The number of rotatable bonds is 9. The maximum Gasteiger partial charge on any atom is 0.252 e. The van der Waals surface area contributed by atoms with E-state index < -0.39 is 0 Å². The van der Waals surface area contributed by atoms with Crippen molar-refractivity contribution in [2.45, 2.75) is 105 Å². The van der Waals surface area contributed by atoms with Gasteiger partial charge in [-0.05, 0) is 185 Å². The molecule has 7 heteroatoms. The summed E-state index contributed by atoms with van der Waals surface area (Å²) in [5, 5.41) is 16.3. The Labute approximate surface area is 641 Å². The molecule has 0 N–H and O–H groups in total. The summed E-state index contributed by atoms with van der Waals surface area (Å²) < 4.78 is 4.92. The third kappa shape index (κ3) is 11.3. The molecule has 18 rings (SSSR count). The van der Waals surface area contributed by atoms with E-state index in [0.29, 0.717) is 11.3 Å². The lowest BCUT2D eigenvalue weighted by Gasteiger charge is -2.46. The van der Waals surface area contributed by atoms with Crippen LogP contribution in [0.4, 0.5) is 39.8 Å². The highest BCUT2D eigenvalue weighted by Gasteiger charge is 2.47. The molecular weight excluding hydrogens is 1320 g/mol. The summed E-state index contributed by atoms with van der Waals surface area (Å²) in [6.07, 6.45) is 0. The second-order valence-electron chi connectivity index (χ2n) is 33.9. The molecule has 4 heterocycles. The van der Waals surface area contributed by atoms with Gasteiger partial charge < -0.3 is 18.9 Å². The summed E-state index contributed by atoms with van der Waals surface area (Å²) in [5.41, 5.74) is 30.9. The molecule has 526 valence electrons. The lowest BCUT2D eigenvalue weighted by Crippen LogP contribution is -2.61. The van der Waals surface area contributed by atoms with E-state index in [1.165, 1.54) is 32.7 Å². The second kappa shape index (κ2) is 25.5. The minimum atomic E-state index is -0.368. The summed E-state index contributed by atoms with van der Waals surface area (Å²) in [7, 11) is 0. The predicted octanol–water partition coefficient (Wildman–Crippen LogP) is 25.9. The molecule has 0 spiro atoms. The van der Waals surface area contributed by atoms with Crippen LogP contribution in [-0.2, 0) is 21.7 Å². The fraction of sp³-hybridized carbons (Fsp3) is 0.157. The number of para-hydroxylation sites is 5. The van der Waals surface area contributed by atoms with Crippen molar-refractivity contribution in [3.8, 4) is 73.1 Å². The first-order valence-electron chi connectivity index (χ1n) is 38.2. The van der Waals surface area contributed by atoms with Crippen molar-refractivity contribution in [1.29, 1.82) is 5.26 Å². The number of aromatic nitrogens is 2. The Kier molecular flexibility index (Phi) is 16.0. The SMILES string of the molecule is [C-]#[N+]c1ccccc1-c1cc(C(C)(C)C)cc(-c2ccc(C(C)(C)C)cc2)c1N1c2cc(-n3c4ccccc4c4ccccc43)ccc2B2c3ccc(-n4c5ccccc5c5ccccc54)cc3N(c3c(-c4ccc(C(C)(C)C)cc4)cc(C(C)(C)C)cc3-c3ccccc3C#N)c3cc(-c4ccccc4)cc1c32. The van der Waals surface area contributed by atoms with E-state index in [4.69, 9.17) is 6.57 Å². The number of nitrogens with zero attached hydrogens (tertiary/aromatic N) is 6. The summed E-state index contributed by atoms with van der Waals surface area (Å²) >= 11 is 0. The fourth-order valence-electron chi connectivity index (χ4n) is 17.3. The van der Waals surface area contributed by atoms with Crippen molar-refractivity contribution in [1.82, 2.24) is 9.13 Å². The van der Waals surface area contributed by atoms with Crippen LogP contribution in [-0.4, -0.2) is 15.8 Å². The van der Waals surface area contributed by atoms with Gasteiger partial charge in [-0.3, -0.25) is 0 Å². The molecule has 6 nitrogen and oxygen atoms in total. The van der Waals surface area contributed by atoms with Crippen LogP contribution >= 0.6 is 0 Å². The number of nitriles is 1. The first-order valence-corrected chi connectivity index (χ1v) is 38.2. The van der Waals surface area contributed by atoms with Gasteiger partial charge >= 0.3 is 0 Å². The lowest BCUT2D eigenvalue weighted by molar-refractivity contribution is 0.590. The maximum atomic E-state index is 11.6. The number of anilines is 6. The van der Waals surface area contributed by atoms with Crippen molar-refractivity contribution in [2.75, 3.05) is 9.80 Å². The molecule has 109 heavy (non-hydrogen) atoms. The highest BCUT2D eigenvalue weighted by atomic mass is 15.2. The van der Waals surface area contributed by atoms with Gasteiger partial charge in [0.25, 0.3) is 6.71 Å². The van der Waals surface area contributed by atoms with E-state index in [2.05, 4.69) is 386 Å². The van der Waals surface area contributed by atoms with Crippen LogP contribution in [0.25, 0.3) is 115 Å². The van der Waals surface area contributed by atoms with Crippen LogP contribution in [0.3, 0.4) is 0 Å². The molecule has 0 saturated carbocycles. The van der Waals surface area contributed by atoms with Crippen molar-refractivity contribution < 1.29 is 0 Å². The molecule has 0 fully saturated rings. The Morgan fingerprint density at radius 2 is 0.679 bits per heavy atom. The highest BCUT2D eigenvalue weighted by molar-refractivity contribution is 7.00. The Hall–Kier alpha value is -12.7. The molecule has 0 aliphatic carbocycles. The zero-order valence-corrected chi connectivity index (χ0v) is 64.1. The largest absolute Gasteiger partial charge is 0.310 e. The molecule has 14 aromatic carbocycles. The summed E-state index contributed by atoms with van der Waals surface area (Å²) in [4.78, 5) is 9.65. The third-order valence-electron chi connectivity index (χ3n) is 23.0. The normalized spacial score (nSPS) is 12.9. The van der Waals surface area contributed by atoms with Crippen molar-refractivity contribution in [3.63, 3.8) is 0 Å². The monoisotopic (exact) mass is 1400 g/mol. The van der Waals surface area contributed by atoms with Crippen LogP contribution in [0.1, 0.15) is 111 Å². The molecule has 2 aromatic heterocycles. The average Bonchev–Trinajstić information content (AvgIpc) is 0.981. The smallest absolute Gasteiger partial charge is 0.252 e. The van der Waals surface area contributed by atoms with Crippen LogP contribution in [0.15, 0.2) is 297 Å². The molecule has 2 aliphatic heterocycles. The molecule has 0 radical (unpaired) electrons. The average molecular weight is 1410 g/mol. The molecule has 16 aromatic rings. The minimum absolute atomic E-state index is 0.110. The van der Waals surface area contributed by atoms with Gasteiger partial charge in [0.05, 0.1) is 51.6 Å². The lowest BCUT2D eigenvalue weighted by atomic mass is 9.33. The van der Waals surface area contributed by atoms with E-state index in [9.17, 15) is 5.26 Å². The number of hydrogen-bond acceptors (Lipinski definition) is 3. The van der Waals surface area contributed by atoms with E-state index >= 15 is 0 Å². The van der Waals surface area contributed by atoms with Gasteiger partial charge in [0.1, 0.15) is 0 Å². The highest BCUT2D eigenvalue weighted by Crippen LogP contribution is 2.57. The first-order chi connectivity index (χ1) is 52.5. The zero-order chi connectivity index (χ0) is 75.2. The third-order valence-corrected chi connectivity index (χ3v) is 23.0. The van der Waals surface area contributed by atoms with Gasteiger partial charge in [-0.2, -0.15) is 5.26 Å². The van der Waals surface area contributed by atoms with Crippen molar-refractivity contribution >= 4 is 107 Å². The summed E-state index contributed by atoms with van der Waals surface area (Å²) in [6.45, 7) is 36.2. The Morgan fingerprint density at radius 1 is 0.312 bits per heavy atom. The van der Waals surface area contributed by atoms with Gasteiger partial charge in [0.2, 0.25) is 0 Å². The second-order valence-corrected chi connectivity index (χ2v) is 33.9. The van der Waals surface area contributed by atoms with Gasteiger partial charge in [0, 0.05) is 77.9 Å². The number of hydrogen-bond donors (Lipinski definition) is 0. The van der Waals surface area contributed by atoms with Gasteiger partial charge in [-0.25, -0.2) is 4.85 Å². The quantitative estimate of drug-likeness (QED) is 0.107. The van der Waals surface area contributed by atoms with Crippen molar-refractivity contribution in [3.05, 3.63) is 336 Å². The van der Waals surface area contributed by atoms with E-state index in [-0.39, 0.29) is 28.4 Å². The minimum Gasteiger partial charge on any atom is -0.310 e. The van der Waals surface area contributed by atoms with Gasteiger partial charge in [0.15, 0.2) is 5.69 Å². The molecule has 0 amide bonds. The molecule has 0 unspecified atom stereocenters. The predicted molar refractivity (Wildman–Crippen MR) is 462 cm³/mol. The maximum absolute atomic E-state index is 11.6. The standard InChI is InChI=1S/C102H85BN6/c1-99(2,3)69-47-43-65(44-48-69)81-57-71(101(7,8)9)59-83(75-32-18-17-31-67(75)63-104)97(81)108-92-61-73(106-88-39-25-20-34-77(88)78-35-21-26-40-89(78)106)51-53-85(92)103-86-54-52-74(107-90-41-27-22-36-79(90)80-37-23-28-42-91(80)107)62-93(86)109(95-56-68(55-94(108)96(95)103)64-29-15-14-16-30-64)98-82(66-45-49-70(50-46-66)100(4,5)6)58-72(102(10,11)12)60-84(98)76-33-19-24-38-87(76)105-13/h14-62H,1-12H3. The van der Waals surface area contributed by atoms with Crippen molar-refractivity contribution in [2.24, 2.45) is 0 Å². The van der Waals surface area contributed by atoms with Gasteiger partial charge in [-0.15, -0.1) is 0 Å². The molecule has 0 saturated heterocycles. The van der Waals surface area contributed by atoms with E-state index in [1.807, 2.05) is 24.3 Å². The summed E-state index contributed by atoms with van der Waals surface area (Å²) in [5.74, 6) is 0. The number of benzene rings is 14. The Morgan fingerprint density at radius 3 is 1.09 bits per heavy atom. The van der Waals surface area contributed by atoms with Gasteiger partial charge in [-0.1, -0.05) is 289 Å². The molecule has 0 bridgehead atoms. The topological polar surface area (TPSA) is 44.5 Å². The fourth-order valence-corrected chi connectivity index (χ4v) is 17.3. The Bertz CT molecular complexity index is 6010. The van der Waals surface area contributed by atoms with Crippen LogP contribution < -0.4 is 26.2 Å². The Balaban J connectivity index is 1.06. The summed E-state index contributed by atoms with van der Waals surface area (Å²) in [6, 6.07) is 113. The van der Waals surface area contributed by atoms with Crippen LogP contribution in [0.5, 0.6) is 0 Å². The van der Waals surface area contributed by atoms with E-state index in [1.54, 1.807) is 0 Å². The van der Waals surface area contributed by atoms with Crippen LogP contribution in [0, 0.1) is 17.9 Å². The first kappa shape index (κ1) is 68.2. The van der Waals surface area contributed by atoms with E-state index in [0.717, 1.165) is 151 Å².